The van der Waals surface area contributed by atoms with Crippen LogP contribution >= 0.6 is 11.3 Å². The molecule has 0 aromatic carbocycles. The van der Waals surface area contributed by atoms with Crippen LogP contribution in [0.1, 0.15) is 29.4 Å². The van der Waals surface area contributed by atoms with Crippen molar-refractivity contribution in [1.29, 1.82) is 0 Å². The number of carbonyl (C=O) groups is 2. The highest BCUT2D eigenvalue weighted by molar-refractivity contribution is 7.12. The maximum Gasteiger partial charge on any atom is 0.263 e. The minimum atomic E-state index is -0.0386. The van der Waals surface area contributed by atoms with E-state index in [9.17, 15) is 9.59 Å². The Labute approximate surface area is 135 Å². The van der Waals surface area contributed by atoms with Gasteiger partial charge in [0.1, 0.15) is 0 Å². The number of carbonyl (C=O) groups excluding carboxylic acids is 2. The number of piperidine rings is 1. The van der Waals surface area contributed by atoms with E-state index >= 15 is 0 Å². The van der Waals surface area contributed by atoms with Gasteiger partial charge >= 0.3 is 0 Å². The van der Waals surface area contributed by atoms with E-state index in [1.54, 1.807) is 0 Å². The summed E-state index contributed by atoms with van der Waals surface area (Å²) < 4.78 is 0. The smallest absolute Gasteiger partial charge is 0.263 e. The van der Waals surface area contributed by atoms with Crippen LogP contribution in [0.2, 0.25) is 0 Å². The Morgan fingerprint density at radius 3 is 2.59 bits per heavy atom. The van der Waals surface area contributed by atoms with Crippen LogP contribution in [-0.4, -0.2) is 71.8 Å². The summed E-state index contributed by atoms with van der Waals surface area (Å²) in [7, 11) is 1.87. The second kappa shape index (κ2) is 6.38. The van der Waals surface area contributed by atoms with Crippen molar-refractivity contribution in [2.75, 3.05) is 33.2 Å². The number of thiophene rings is 1. The first kappa shape index (κ1) is 15.5. The number of hydrogen-bond donors (Lipinski definition) is 0. The lowest BCUT2D eigenvalue weighted by atomic mass is 9.99. The maximum absolute atomic E-state index is 12.4. The molecule has 2 saturated heterocycles. The second-order valence-electron chi connectivity index (χ2n) is 6.17. The van der Waals surface area contributed by atoms with Crippen molar-refractivity contribution in [2.24, 2.45) is 0 Å². The Balaban J connectivity index is 1.58. The first-order valence-corrected chi connectivity index (χ1v) is 8.79. The molecule has 2 aliphatic heterocycles. The van der Waals surface area contributed by atoms with Crippen LogP contribution in [0.3, 0.4) is 0 Å². The number of hydrogen-bond acceptors (Lipinski definition) is 4. The van der Waals surface area contributed by atoms with E-state index in [1.165, 1.54) is 11.3 Å². The van der Waals surface area contributed by atoms with E-state index in [2.05, 4.69) is 4.90 Å². The summed E-state index contributed by atoms with van der Waals surface area (Å²) >= 11 is 1.50. The van der Waals surface area contributed by atoms with Gasteiger partial charge in [0, 0.05) is 39.3 Å². The molecule has 0 saturated carbocycles. The van der Waals surface area contributed by atoms with E-state index in [4.69, 9.17) is 0 Å². The fourth-order valence-corrected chi connectivity index (χ4v) is 4.18. The van der Waals surface area contributed by atoms with Crippen LogP contribution in [0.15, 0.2) is 17.5 Å². The summed E-state index contributed by atoms with van der Waals surface area (Å²) in [6.07, 6.45) is 1.91. The summed E-state index contributed by atoms with van der Waals surface area (Å²) in [4.78, 5) is 31.4. The molecule has 0 radical (unpaired) electrons. The molecule has 5 nitrogen and oxygen atoms in total. The Kier molecular flexibility index (Phi) is 4.49. The lowest BCUT2D eigenvalue weighted by molar-refractivity contribution is -0.141. The molecule has 120 valence electrons. The third-order valence-electron chi connectivity index (χ3n) is 4.88. The summed E-state index contributed by atoms with van der Waals surface area (Å²) in [5.74, 6) is 0.360. The van der Waals surface area contributed by atoms with E-state index in [0.29, 0.717) is 6.04 Å². The highest BCUT2D eigenvalue weighted by Crippen LogP contribution is 2.23. The van der Waals surface area contributed by atoms with Crippen molar-refractivity contribution in [3.05, 3.63) is 22.4 Å². The van der Waals surface area contributed by atoms with Gasteiger partial charge in [-0.15, -0.1) is 11.3 Å². The van der Waals surface area contributed by atoms with Crippen molar-refractivity contribution < 1.29 is 9.59 Å². The highest BCUT2D eigenvalue weighted by Gasteiger charge is 2.36. The van der Waals surface area contributed by atoms with Gasteiger partial charge < -0.3 is 9.80 Å². The van der Waals surface area contributed by atoms with E-state index < -0.39 is 0 Å². The first-order valence-electron chi connectivity index (χ1n) is 7.91. The van der Waals surface area contributed by atoms with E-state index in [1.807, 2.05) is 41.3 Å². The minimum absolute atomic E-state index is 0.0386. The van der Waals surface area contributed by atoms with Gasteiger partial charge in [0.05, 0.1) is 10.9 Å². The molecule has 0 aliphatic carbocycles. The van der Waals surface area contributed by atoms with Gasteiger partial charge in [-0.1, -0.05) is 6.07 Å². The summed E-state index contributed by atoms with van der Waals surface area (Å²) in [6, 6.07) is 4.19. The number of likely N-dealkylation sites (tertiary alicyclic amines) is 1. The largest absolute Gasteiger partial charge is 0.343 e. The van der Waals surface area contributed by atoms with Crippen LogP contribution in [0.25, 0.3) is 0 Å². The summed E-state index contributed by atoms with van der Waals surface area (Å²) in [6.45, 7) is 5.31. The fraction of sp³-hybridized carbons (Fsp3) is 0.625. The fourth-order valence-electron chi connectivity index (χ4n) is 3.49. The molecular weight excluding hydrogens is 298 g/mol. The predicted octanol–water partition coefficient (Wildman–Crippen LogP) is 1.52. The predicted molar refractivity (Wildman–Crippen MR) is 87.0 cm³/mol. The molecule has 0 N–H and O–H groups in total. The third-order valence-corrected chi connectivity index (χ3v) is 5.74. The summed E-state index contributed by atoms with van der Waals surface area (Å²) in [5, 5.41) is 1.94. The molecular formula is C16H23N3O2S. The summed E-state index contributed by atoms with van der Waals surface area (Å²) in [5.41, 5.74) is 0. The average molecular weight is 321 g/mol. The third kappa shape index (κ3) is 2.90. The van der Waals surface area contributed by atoms with Gasteiger partial charge in [0.15, 0.2) is 0 Å². The molecule has 22 heavy (non-hydrogen) atoms. The van der Waals surface area contributed by atoms with Gasteiger partial charge in [-0.3, -0.25) is 14.5 Å². The second-order valence-corrected chi connectivity index (χ2v) is 7.12. The number of nitrogens with zero attached hydrogens (tertiary/aromatic N) is 3. The highest BCUT2D eigenvalue weighted by atomic mass is 32.1. The van der Waals surface area contributed by atoms with Crippen molar-refractivity contribution >= 4 is 23.2 Å². The normalized spacial score (nSPS) is 24.8. The zero-order chi connectivity index (χ0) is 15.7. The molecule has 0 bridgehead atoms. The average Bonchev–Trinajstić information content (AvgIpc) is 3.07. The Bertz CT molecular complexity index is 538. The molecule has 3 heterocycles. The molecule has 2 aliphatic rings. The first-order chi connectivity index (χ1) is 10.6. The quantitative estimate of drug-likeness (QED) is 0.829. The number of piperazine rings is 1. The van der Waals surface area contributed by atoms with Gasteiger partial charge in [-0.2, -0.15) is 0 Å². The van der Waals surface area contributed by atoms with E-state index in [-0.39, 0.29) is 17.9 Å². The molecule has 3 rings (SSSR count). The SMILES string of the molecule is C[C@@H]1C(=O)N(C)CCN1C1CCN(C(=O)c2cccs2)CC1. The molecule has 0 spiro atoms. The lowest BCUT2D eigenvalue weighted by Crippen LogP contribution is -2.59. The zero-order valence-electron chi connectivity index (χ0n) is 13.2. The van der Waals surface area contributed by atoms with Crippen LogP contribution in [0.4, 0.5) is 0 Å². The minimum Gasteiger partial charge on any atom is -0.343 e. The number of amides is 2. The molecule has 0 unspecified atom stereocenters. The Morgan fingerprint density at radius 1 is 1.23 bits per heavy atom. The molecule has 2 fully saturated rings. The van der Waals surface area contributed by atoms with Gasteiger partial charge in [0.2, 0.25) is 5.91 Å². The van der Waals surface area contributed by atoms with Crippen molar-refractivity contribution in [3.8, 4) is 0 Å². The van der Waals surface area contributed by atoms with Crippen LogP contribution < -0.4 is 0 Å². The van der Waals surface area contributed by atoms with Crippen molar-refractivity contribution in [1.82, 2.24) is 14.7 Å². The van der Waals surface area contributed by atoms with E-state index in [0.717, 1.165) is 43.9 Å². The van der Waals surface area contributed by atoms with Crippen molar-refractivity contribution in [3.63, 3.8) is 0 Å². The van der Waals surface area contributed by atoms with Crippen molar-refractivity contribution in [2.45, 2.75) is 31.8 Å². The Morgan fingerprint density at radius 2 is 1.95 bits per heavy atom. The van der Waals surface area contributed by atoms with Crippen LogP contribution in [0, 0.1) is 0 Å². The van der Waals surface area contributed by atoms with Crippen LogP contribution in [-0.2, 0) is 4.79 Å². The van der Waals surface area contributed by atoms with Gasteiger partial charge in [0.25, 0.3) is 5.91 Å². The Hall–Kier alpha value is -1.40. The molecule has 1 aromatic rings. The standard InChI is InChI=1S/C16H23N3O2S/c1-12-15(20)17(2)9-10-19(12)13-5-7-18(8-6-13)16(21)14-4-3-11-22-14/h3-4,11-13H,5-10H2,1-2H3/t12-/m1/s1. The number of likely N-dealkylation sites (N-methyl/N-ethyl adjacent to an activating group) is 1. The number of rotatable bonds is 2. The molecule has 1 atom stereocenters. The lowest BCUT2D eigenvalue weighted by Gasteiger charge is -2.45. The molecule has 1 aromatic heterocycles. The zero-order valence-corrected chi connectivity index (χ0v) is 14.0. The molecule has 6 heteroatoms. The maximum atomic E-state index is 12.4. The topological polar surface area (TPSA) is 43.9 Å². The van der Waals surface area contributed by atoms with Crippen LogP contribution in [0.5, 0.6) is 0 Å². The monoisotopic (exact) mass is 321 g/mol. The van der Waals surface area contributed by atoms with Gasteiger partial charge in [-0.25, -0.2) is 0 Å². The molecule has 2 amide bonds. The van der Waals surface area contributed by atoms with Gasteiger partial charge in [-0.05, 0) is 31.2 Å².